The van der Waals surface area contributed by atoms with Crippen molar-refractivity contribution in [1.82, 2.24) is 9.80 Å². The lowest BCUT2D eigenvalue weighted by Gasteiger charge is -2.32. The molecular formula is C15H21BrN2O2. The highest BCUT2D eigenvalue weighted by Gasteiger charge is 2.28. The van der Waals surface area contributed by atoms with Crippen molar-refractivity contribution in [2.45, 2.75) is 19.0 Å². The van der Waals surface area contributed by atoms with E-state index in [4.69, 9.17) is 4.74 Å². The number of hydrogen-bond acceptors (Lipinski definition) is 4. The molecule has 0 amide bonds. The first-order valence-electron chi connectivity index (χ1n) is 7.24. The summed E-state index contributed by atoms with van der Waals surface area (Å²) in [5.41, 5.74) is 1.16. The van der Waals surface area contributed by atoms with Crippen LogP contribution in [0.3, 0.4) is 0 Å². The molecule has 1 aromatic carbocycles. The molecule has 3 rings (SSSR count). The molecule has 0 radical (unpaired) electrons. The lowest BCUT2D eigenvalue weighted by Crippen LogP contribution is -2.44. The van der Waals surface area contributed by atoms with Crippen molar-refractivity contribution in [3.05, 3.63) is 28.2 Å². The fourth-order valence-electron chi connectivity index (χ4n) is 3.12. The van der Waals surface area contributed by atoms with Gasteiger partial charge in [-0.15, -0.1) is 0 Å². The van der Waals surface area contributed by atoms with Crippen LogP contribution < -0.4 is 0 Å². The fraction of sp³-hybridized carbons (Fsp3) is 0.600. The van der Waals surface area contributed by atoms with E-state index in [1.54, 1.807) is 6.07 Å². The minimum atomic E-state index is 0.340. The van der Waals surface area contributed by atoms with Crippen LogP contribution in [0.2, 0.25) is 0 Å². The molecule has 2 fully saturated rings. The topological polar surface area (TPSA) is 35.9 Å². The Hall–Kier alpha value is -0.620. The van der Waals surface area contributed by atoms with E-state index >= 15 is 0 Å². The van der Waals surface area contributed by atoms with Crippen LogP contribution in [-0.2, 0) is 11.3 Å². The first-order valence-corrected chi connectivity index (χ1v) is 8.03. The highest BCUT2D eigenvalue weighted by atomic mass is 79.9. The normalized spacial score (nSPS) is 25.1. The van der Waals surface area contributed by atoms with Crippen molar-refractivity contribution in [3.8, 4) is 5.75 Å². The number of halogens is 1. The predicted molar refractivity (Wildman–Crippen MR) is 81.9 cm³/mol. The van der Waals surface area contributed by atoms with Crippen molar-refractivity contribution >= 4 is 15.9 Å². The van der Waals surface area contributed by atoms with Gasteiger partial charge < -0.3 is 9.84 Å². The average Bonchev–Trinajstić information content (AvgIpc) is 2.92. The lowest BCUT2D eigenvalue weighted by molar-refractivity contribution is 0.0184. The Bertz CT molecular complexity index is 463. The molecule has 2 heterocycles. The monoisotopic (exact) mass is 340 g/mol. The van der Waals surface area contributed by atoms with Gasteiger partial charge in [-0.3, -0.25) is 9.80 Å². The first kappa shape index (κ1) is 14.3. The van der Waals surface area contributed by atoms with E-state index < -0.39 is 0 Å². The largest absolute Gasteiger partial charge is 0.508 e. The highest BCUT2D eigenvalue weighted by molar-refractivity contribution is 9.10. The summed E-state index contributed by atoms with van der Waals surface area (Å²) in [6.45, 7) is 7.01. The molecule has 2 aliphatic rings. The molecule has 4 nitrogen and oxygen atoms in total. The Balaban J connectivity index is 1.58. The van der Waals surface area contributed by atoms with Crippen LogP contribution in [-0.4, -0.2) is 60.3 Å². The molecule has 2 saturated heterocycles. The van der Waals surface area contributed by atoms with Crippen molar-refractivity contribution < 1.29 is 9.84 Å². The van der Waals surface area contributed by atoms with Gasteiger partial charge in [-0.05, 0) is 30.2 Å². The molecule has 0 aliphatic carbocycles. The summed E-state index contributed by atoms with van der Waals surface area (Å²) in [7, 11) is 0. The van der Waals surface area contributed by atoms with Gasteiger partial charge in [0.25, 0.3) is 0 Å². The summed E-state index contributed by atoms with van der Waals surface area (Å²) in [5.74, 6) is 0.340. The molecule has 1 atom stereocenters. The number of ether oxygens (including phenoxy) is 1. The molecule has 5 heteroatoms. The Morgan fingerprint density at radius 1 is 1.25 bits per heavy atom. The van der Waals surface area contributed by atoms with E-state index in [9.17, 15) is 5.11 Å². The van der Waals surface area contributed by atoms with Gasteiger partial charge in [0.2, 0.25) is 0 Å². The summed E-state index contributed by atoms with van der Waals surface area (Å²) in [6, 6.07) is 6.15. The standard InChI is InChI=1S/C15H21BrN2O2/c16-15-2-1-14(19)9-12(15)10-17-4-3-13(11-17)18-5-7-20-8-6-18/h1-2,9,13,19H,3-8,10-11H2. The van der Waals surface area contributed by atoms with Gasteiger partial charge in [-0.25, -0.2) is 0 Å². The van der Waals surface area contributed by atoms with Gasteiger partial charge in [0.1, 0.15) is 5.75 Å². The zero-order chi connectivity index (χ0) is 13.9. The van der Waals surface area contributed by atoms with Gasteiger partial charge in [0.05, 0.1) is 13.2 Å². The molecule has 110 valence electrons. The van der Waals surface area contributed by atoms with Crippen LogP contribution >= 0.6 is 15.9 Å². The fourth-order valence-corrected chi connectivity index (χ4v) is 3.49. The number of benzene rings is 1. The molecular weight excluding hydrogens is 320 g/mol. The van der Waals surface area contributed by atoms with E-state index in [2.05, 4.69) is 25.7 Å². The summed E-state index contributed by atoms with van der Waals surface area (Å²) in [4.78, 5) is 5.03. The van der Waals surface area contributed by atoms with Crippen LogP contribution in [0.4, 0.5) is 0 Å². The van der Waals surface area contributed by atoms with E-state index in [0.29, 0.717) is 11.8 Å². The van der Waals surface area contributed by atoms with E-state index in [1.807, 2.05) is 12.1 Å². The molecule has 0 bridgehead atoms. The van der Waals surface area contributed by atoms with Crippen LogP contribution in [0.15, 0.2) is 22.7 Å². The zero-order valence-corrected chi connectivity index (χ0v) is 13.2. The summed E-state index contributed by atoms with van der Waals surface area (Å²) in [5, 5.41) is 9.61. The van der Waals surface area contributed by atoms with Gasteiger partial charge in [-0.2, -0.15) is 0 Å². The van der Waals surface area contributed by atoms with Crippen LogP contribution in [0.5, 0.6) is 5.75 Å². The smallest absolute Gasteiger partial charge is 0.115 e. The Kier molecular flexibility index (Phi) is 4.61. The third kappa shape index (κ3) is 3.34. The third-order valence-electron chi connectivity index (χ3n) is 4.23. The first-order chi connectivity index (χ1) is 9.72. The zero-order valence-electron chi connectivity index (χ0n) is 11.6. The van der Waals surface area contributed by atoms with Gasteiger partial charge in [0, 0.05) is 43.2 Å². The van der Waals surface area contributed by atoms with E-state index in [1.165, 1.54) is 6.42 Å². The van der Waals surface area contributed by atoms with E-state index in [-0.39, 0.29) is 0 Å². The molecule has 0 saturated carbocycles. The van der Waals surface area contributed by atoms with Crippen molar-refractivity contribution in [2.75, 3.05) is 39.4 Å². The highest BCUT2D eigenvalue weighted by Crippen LogP contribution is 2.25. The minimum Gasteiger partial charge on any atom is -0.508 e. The average molecular weight is 341 g/mol. The second-order valence-electron chi connectivity index (χ2n) is 5.60. The minimum absolute atomic E-state index is 0.340. The third-order valence-corrected chi connectivity index (χ3v) is 5.01. The maximum Gasteiger partial charge on any atom is 0.115 e. The molecule has 20 heavy (non-hydrogen) atoms. The number of hydrogen-bond donors (Lipinski definition) is 1. The Morgan fingerprint density at radius 3 is 2.85 bits per heavy atom. The molecule has 1 aromatic rings. The molecule has 1 N–H and O–H groups in total. The molecule has 0 aromatic heterocycles. The SMILES string of the molecule is Oc1ccc(Br)c(CN2CCC(N3CCOCC3)C2)c1. The number of morpholine rings is 1. The maximum absolute atomic E-state index is 9.61. The lowest BCUT2D eigenvalue weighted by atomic mass is 10.2. The number of aromatic hydroxyl groups is 1. The van der Waals surface area contributed by atoms with Crippen molar-refractivity contribution in [3.63, 3.8) is 0 Å². The second-order valence-corrected chi connectivity index (χ2v) is 6.46. The van der Waals surface area contributed by atoms with Gasteiger partial charge in [0.15, 0.2) is 0 Å². The Morgan fingerprint density at radius 2 is 2.05 bits per heavy atom. The van der Waals surface area contributed by atoms with Gasteiger partial charge >= 0.3 is 0 Å². The second kappa shape index (κ2) is 6.43. The number of phenols is 1. The summed E-state index contributed by atoms with van der Waals surface area (Å²) >= 11 is 3.56. The number of nitrogens with zero attached hydrogens (tertiary/aromatic N) is 2. The molecule has 1 unspecified atom stereocenters. The quantitative estimate of drug-likeness (QED) is 0.913. The number of phenolic OH excluding ortho intramolecular Hbond substituents is 1. The summed E-state index contributed by atoms with van der Waals surface area (Å²) < 4.78 is 6.50. The number of rotatable bonds is 3. The van der Waals surface area contributed by atoms with E-state index in [0.717, 1.165) is 56.0 Å². The van der Waals surface area contributed by atoms with Crippen molar-refractivity contribution in [2.24, 2.45) is 0 Å². The Labute approximate surface area is 128 Å². The molecule has 0 spiro atoms. The maximum atomic E-state index is 9.61. The van der Waals surface area contributed by atoms with Crippen LogP contribution in [0.1, 0.15) is 12.0 Å². The predicted octanol–water partition coefficient (Wildman–Crippen LogP) is 2.06. The summed E-state index contributed by atoms with van der Waals surface area (Å²) in [6.07, 6.45) is 1.23. The number of likely N-dealkylation sites (tertiary alicyclic amines) is 1. The van der Waals surface area contributed by atoms with Crippen LogP contribution in [0.25, 0.3) is 0 Å². The van der Waals surface area contributed by atoms with Crippen molar-refractivity contribution in [1.29, 1.82) is 0 Å². The van der Waals surface area contributed by atoms with Crippen LogP contribution in [0, 0.1) is 0 Å². The molecule has 2 aliphatic heterocycles. The van der Waals surface area contributed by atoms with Gasteiger partial charge in [-0.1, -0.05) is 15.9 Å².